The molecule has 0 amide bonds. The number of benzene rings is 1. The van der Waals surface area contributed by atoms with E-state index in [0.717, 1.165) is 5.69 Å². The summed E-state index contributed by atoms with van der Waals surface area (Å²) in [7, 11) is 1.76. The summed E-state index contributed by atoms with van der Waals surface area (Å²) in [6.45, 7) is 1.93. The van der Waals surface area contributed by atoms with Crippen molar-refractivity contribution in [3.63, 3.8) is 0 Å². The van der Waals surface area contributed by atoms with Gasteiger partial charge in [-0.25, -0.2) is 4.39 Å². The maximum Gasteiger partial charge on any atom is 0.170 e. The Morgan fingerprint density at radius 2 is 2.21 bits per heavy atom. The molecular formula is C14H14ClFN2O. The van der Waals surface area contributed by atoms with Crippen molar-refractivity contribution >= 4 is 17.4 Å². The molecule has 0 saturated carbocycles. The van der Waals surface area contributed by atoms with Crippen molar-refractivity contribution in [1.82, 2.24) is 9.78 Å². The average molecular weight is 281 g/mol. The fourth-order valence-electron chi connectivity index (χ4n) is 1.99. The summed E-state index contributed by atoms with van der Waals surface area (Å²) in [5.74, 6) is -0.625. The summed E-state index contributed by atoms with van der Waals surface area (Å²) in [4.78, 5) is 12.2. The molecule has 0 atom stereocenters. The largest absolute Gasteiger partial charge is 0.294 e. The fourth-order valence-corrected chi connectivity index (χ4v) is 2.22. The Kier molecular flexibility index (Phi) is 4.00. The molecule has 1 aromatic heterocycles. The highest BCUT2D eigenvalue weighted by Gasteiger charge is 2.18. The summed E-state index contributed by atoms with van der Waals surface area (Å²) in [5, 5.41) is 4.48. The highest BCUT2D eigenvalue weighted by molar-refractivity contribution is 6.31. The van der Waals surface area contributed by atoms with E-state index in [4.69, 9.17) is 11.6 Å². The standard InChI is InChI=1S/C14H14ClFN2O/c1-3-13-10(8-18(2)17-13)14(19)7-9-11(15)5-4-6-12(9)16/h4-6,8H,3,7H2,1-2H3. The number of carbonyl (C=O) groups excluding carboxylic acids is 1. The lowest BCUT2D eigenvalue weighted by molar-refractivity contribution is 0.0991. The summed E-state index contributed by atoms with van der Waals surface area (Å²) in [6, 6.07) is 4.41. The Balaban J connectivity index is 2.31. The maximum atomic E-state index is 13.7. The van der Waals surface area contributed by atoms with Gasteiger partial charge in [0.05, 0.1) is 11.3 Å². The molecule has 5 heteroatoms. The number of ketones is 1. The van der Waals surface area contributed by atoms with Crippen LogP contribution in [0.2, 0.25) is 5.02 Å². The minimum Gasteiger partial charge on any atom is -0.294 e. The van der Waals surface area contributed by atoms with Gasteiger partial charge < -0.3 is 0 Å². The molecule has 0 N–H and O–H groups in total. The predicted octanol–water partition coefficient (Wildman–Crippen LogP) is 3.20. The molecule has 0 aliphatic carbocycles. The second kappa shape index (κ2) is 5.53. The molecule has 0 fully saturated rings. The number of carbonyl (C=O) groups is 1. The predicted molar refractivity (Wildman–Crippen MR) is 72.0 cm³/mol. The molecule has 0 radical (unpaired) electrons. The molecule has 19 heavy (non-hydrogen) atoms. The molecule has 100 valence electrons. The molecule has 0 unspecified atom stereocenters. The first-order valence-electron chi connectivity index (χ1n) is 6.01. The maximum absolute atomic E-state index is 13.7. The monoisotopic (exact) mass is 280 g/mol. The van der Waals surface area contributed by atoms with Crippen LogP contribution in [0.25, 0.3) is 0 Å². The molecule has 0 bridgehead atoms. The summed E-state index contributed by atoms with van der Waals surface area (Å²) < 4.78 is 15.2. The van der Waals surface area contributed by atoms with Crippen molar-refractivity contribution in [1.29, 1.82) is 0 Å². The van der Waals surface area contributed by atoms with E-state index in [1.54, 1.807) is 24.0 Å². The molecule has 1 heterocycles. The third-order valence-electron chi connectivity index (χ3n) is 2.94. The van der Waals surface area contributed by atoms with Gasteiger partial charge in [0.25, 0.3) is 0 Å². The highest BCUT2D eigenvalue weighted by atomic mass is 35.5. The third-order valence-corrected chi connectivity index (χ3v) is 3.29. The quantitative estimate of drug-likeness (QED) is 0.806. The smallest absolute Gasteiger partial charge is 0.170 e. The zero-order valence-corrected chi connectivity index (χ0v) is 11.5. The van der Waals surface area contributed by atoms with Gasteiger partial charge in [0, 0.05) is 30.3 Å². The first-order valence-corrected chi connectivity index (χ1v) is 6.39. The van der Waals surface area contributed by atoms with E-state index in [1.807, 2.05) is 6.92 Å². The molecule has 2 rings (SSSR count). The Hall–Kier alpha value is -1.68. The number of nitrogens with zero attached hydrogens (tertiary/aromatic N) is 2. The van der Waals surface area contributed by atoms with Crippen molar-refractivity contribution in [3.05, 3.63) is 52.1 Å². The van der Waals surface area contributed by atoms with Crippen molar-refractivity contribution < 1.29 is 9.18 Å². The van der Waals surface area contributed by atoms with Gasteiger partial charge >= 0.3 is 0 Å². The molecule has 0 spiro atoms. The van der Waals surface area contributed by atoms with Gasteiger partial charge in [0.1, 0.15) is 5.82 Å². The van der Waals surface area contributed by atoms with E-state index in [1.165, 1.54) is 12.1 Å². The second-order valence-corrected chi connectivity index (χ2v) is 4.72. The van der Waals surface area contributed by atoms with Crippen LogP contribution in [0.3, 0.4) is 0 Å². The van der Waals surface area contributed by atoms with E-state index in [9.17, 15) is 9.18 Å². The third kappa shape index (κ3) is 2.84. The van der Waals surface area contributed by atoms with Gasteiger partial charge in [-0.2, -0.15) is 5.10 Å². The minimum atomic E-state index is -0.456. The van der Waals surface area contributed by atoms with E-state index in [-0.39, 0.29) is 22.8 Å². The average Bonchev–Trinajstić information content (AvgIpc) is 2.75. The number of halogens is 2. The van der Waals surface area contributed by atoms with E-state index in [2.05, 4.69) is 5.10 Å². The van der Waals surface area contributed by atoms with Crippen LogP contribution in [0, 0.1) is 5.82 Å². The molecule has 0 aliphatic heterocycles. The molecule has 1 aromatic carbocycles. The van der Waals surface area contributed by atoms with Crippen LogP contribution in [0.1, 0.15) is 28.5 Å². The molecular weight excluding hydrogens is 267 g/mol. The number of aryl methyl sites for hydroxylation is 2. The van der Waals surface area contributed by atoms with Gasteiger partial charge in [-0.15, -0.1) is 0 Å². The van der Waals surface area contributed by atoms with Crippen LogP contribution in [0.15, 0.2) is 24.4 Å². The Morgan fingerprint density at radius 3 is 2.84 bits per heavy atom. The Bertz CT molecular complexity index is 602. The van der Waals surface area contributed by atoms with Crippen LogP contribution < -0.4 is 0 Å². The lowest BCUT2D eigenvalue weighted by Gasteiger charge is -2.05. The molecule has 0 saturated heterocycles. The number of aromatic nitrogens is 2. The van der Waals surface area contributed by atoms with Crippen molar-refractivity contribution in [3.8, 4) is 0 Å². The lowest BCUT2D eigenvalue weighted by atomic mass is 10.0. The van der Waals surface area contributed by atoms with Gasteiger partial charge in [-0.1, -0.05) is 24.6 Å². The fraction of sp³-hybridized carbons (Fsp3) is 0.286. The zero-order chi connectivity index (χ0) is 14.0. The highest BCUT2D eigenvalue weighted by Crippen LogP contribution is 2.21. The Morgan fingerprint density at radius 1 is 1.47 bits per heavy atom. The molecule has 0 aliphatic rings. The summed E-state index contributed by atoms with van der Waals surface area (Å²) in [6.07, 6.45) is 2.27. The number of hydrogen-bond donors (Lipinski definition) is 0. The van der Waals surface area contributed by atoms with Crippen LogP contribution in [-0.2, 0) is 19.9 Å². The first-order chi connectivity index (χ1) is 9.02. The normalized spacial score (nSPS) is 10.7. The topological polar surface area (TPSA) is 34.9 Å². The zero-order valence-electron chi connectivity index (χ0n) is 10.8. The minimum absolute atomic E-state index is 0.0514. The second-order valence-electron chi connectivity index (χ2n) is 4.32. The Labute approximate surface area is 116 Å². The van der Waals surface area contributed by atoms with E-state index in [0.29, 0.717) is 12.0 Å². The van der Waals surface area contributed by atoms with E-state index >= 15 is 0 Å². The van der Waals surface area contributed by atoms with Crippen LogP contribution in [0.4, 0.5) is 4.39 Å². The van der Waals surface area contributed by atoms with Gasteiger partial charge in [0.2, 0.25) is 0 Å². The van der Waals surface area contributed by atoms with Crippen LogP contribution in [0.5, 0.6) is 0 Å². The lowest BCUT2D eigenvalue weighted by Crippen LogP contribution is -2.07. The summed E-state index contributed by atoms with van der Waals surface area (Å²) >= 11 is 5.93. The molecule has 2 aromatic rings. The van der Waals surface area contributed by atoms with Gasteiger partial charge in [-0.3, -0.25) is 9.48 Å². The van der Waals surface area contributed by atoms with Crippen molar-refractivity contribution in [2.75, 3.05) is 0 Å². The number of Topliss-reactive ketones (excluding diaryl/α,β-unsaturated/α-hetero) is 1. The van der Waals surface area contributed by atoms with Crippen molar-refractivity contribution in [2.45, 2.75) is 19.8 Å². The van der Waals surface area contributed by atoms with E-state index < -0.39 is 5.82 Å². The number of rotatable bonds is 4. The van der Waals surface area contributed by atoms with Crippen molar-refractivity contribution in [2.24, 2.45) is 7.05 Å². The first kappa shape index (κ1) is 13.7. The van der Waals surface area contributed by atoms with Gasteiger partial charge in [0.15, 0.2) is 5.78 Å². The summed E-state index contributed by atoms with van der Waals surface area (Å²) in [5.41, 5.74) is 1.49. The SMILES string of the molecule is CCc1nn(C)cc1C(=O)Cc1c(F)cccc1Cl. The molecule has 3 nitrogen and oxygen atoms in total. The van der Waals surface area contributed by atoms with Crippen LogP contribution in [-0.4, -0.2) is 15.6 Å². The van der Waals surface area contributed by atoms with Gasteiger partial charge in [-0.05, 0) is 18.6 Å². The number of hydrogen-bond acceptors (Lipinski definition) is 2. The van der Waals surface area contributed by atoms with Crippen LogP contribution >= 0.6 is 11.6 Å².